The lowest BCUT2D eigenvalue weighted by Crippen LogP contribution is -2.49. The van der Waals surface area contributed by atoms with Crippen molar-refractivity contribution in [3.8, 4) is 5.75 Å². The molecule has 0 unspecified atom stereocenters. The molecule has 1 atom stereocenters. The van der Waals surface area contributed by atoms with Crippen LogP contribution in [0.5, 0.6) is 5.75 Å². The van der Waals surface area contributed by atoms with Crippen molar-refractivity contribution in [3.05, 3.63) is 48.4 Å². The predicted octanol–water partition coefficient (Wildman–Crippen LogP) is 3.31. The number of rotatable bonds is 8. The van der Waals surface area contributed by atoms with Crippen LogP contribution in [0.15, 0.2) is 47.1 Å². The highest BCUT2D eigenvalue weighted by molar-refractivity contribution is 5.76. The van der Waals surface area contributed by atoms with Crippen LogP contribution in [0.1, 0.15) is 32.1 Å². The first-order valence-corrected chi connectivity index (χ1v) is 10.00. The Hall–Kier alpha value is -2.47. The van der Waals surface area contributed by atoms with E-state index in [1.165, 1.54) is 5.69 Å². The van der Waals surface area contributed by atoms with Gasteiger partial charge in [-0.3, -0.25) is 9.69 Å². The average molecular weight is 386 g/mol. The molecule has 0 spiro atoms. The summed E-state index contributed by atoms with van der Waals surface area (Å²) >= 11 is 0. The molecule has 152 valence electrons. The van der Waals surface area contributed by atoms with Crippen molar-refractivity contribution in [2.75, 3.05) is 44.7 Å². The van der Waals surface area contributed by atoms with Gasteiger partial charge in [-0.05, 0) is 42.3 Å². The van der Waals surface area contributed by atoms with Gasteiger partial charge >= 0.3 is 0 Å². The van der Waals surface area contributed by atoms with E-state index in [4.69, 9.17) is 9.15 Å². The molecule has 28 heavy (non-hydrogen) atoms. The lowest BCUT2D eigenvalue weighted by molar-refractivity contribution is -0.122. The molecule has 6 heteroatoms. The third-order valence-corrected chi connectivity index (χ3v) is 5.15. The van der Waals surface area contributed by atoms with E-state index in [0.717, 1.165) is 37.7 Å². The monoisotopic (exact) mass is 385 g/mol. The lowest BCUT2D eigenvalue weighted by atomic mass is 10.1. The molecule has 2 aromatic rings. The van der Waals surface area contributed by atoms with Gasteiger partial charge in [-0.2, -0.15) is 0 Å². The van der Waals surface area contributed by atoms with E-state index in [1.807, 2.05) is 24.3 Å². The number of carbonyl (C=O) groups excluding carboxylic acids is 1. The summed E-state index contributed by atoms with van der Waals surface area (Å²) in [6.45, 7) is 8.38. The Labute approximate surface area is 167 Å². The Morgan fingerprint density at radius 2 is 1.86 bits per heavy atom. The van der Waals surface area contributed by atoms with Gasteiger partial charge in [0.2, 0.25) is 5.91 Å². The number of furan rings is 1. The number of piperazine rings is 1. The summed E-state index contributed by atoms with van der Waals surface area (Å²) in [4.78, 5) is 16.9. The van der Waals surface area contributed by atoms with Gasteiger partial charge in [0.25, 0.3) is 0 Å². The highest BCUT2D eigenvalue weighted by Gasteiger charge is 2.27. The van der Waals surface area contributed by atoms with Crippen molar-refractivity contribution in [2.45, 2.75) is 26.3 Å². The molecular weight excluding hydrogens is 354 g/mol. The van der Waals surface area contributed by atoms with Crippen LogP contribution >= 0.6 is 0 Å². The SMILES string of the molecule is COc1ccc(N2CCN([C@@H](CNC(=O)CC(C)C)c3ccco3)CC2)cc1. The first-order valence-electron chi connectivity index (χ1n) is 10.00. The lowest BCUT2D eigenvalue weighted by Gasteiger charge is -2.39. The molecule has 3 rings (SSSR count). The minimum absolute atomic E-state index is 0.0594. The van der Waals surface area contributed by atoms with Gasteiger partial charge < -0.3 is 19.4 Å². The van der Waals surface area contributed by atoms with Gasteiger partial charge in [0.15, 0.2) is 0 Å². The van der Waals surface area contributed by atoms with Crippen molar-refractivity contribution < 1.29 is 13.9 Å². The second-order valence-electron chi connectivity index (χ2n) is 7.65. The van der Waals surface area contributed by atoms with E-state index >= 15 is 0 Å². The Balaban J connectivity index is 1.60. The molecule has 1 aliphatic rings. The van der Waals surface area contributed by atoms with Crippen molar-refractivity contribution >= 4 is 11.6 Å². The zero-order valence-electron chi connectivity index (χ0n) is 17.1. The van der Waals surface area contributed by atoms with E-state index in [0.29, 0.717) is 18.9 Å². The Kier molecular flexibility index (Phi) is 6.98. The quantitative estimate of drug-likeness (QED) is 0.755. The second kappa shape index (κ2) is 9.64. The maximum atomic E-state index is 12.1. The van der Waals surface area contributed by atoms with Crippen molar-refractivity contribution in [2.24, 2.45) is 5.92 Å². The first kappa shape index (κ1) is 20.3. The summed E-state index contributed by atoms with van der Waals surface area (Å²) in [6.07, 6.45) is 2.25. The van der Waals surface area contributed by atoms with Crippen molar-refractivity contribution in [1.82, 2.24) is 10.2 Å². The molecule has 0 radical (unpaired) electrons. The van der Waals surface area contributed by atoms with E-state index < -0.39 is 0 Å². The number of benzene rings is 1. The van der Waals surface area contributed by atoms with Crippen LogP contribution in [0.2, 0.25) is 0 Å². The third-order valence-electron chi connectivity index (χ3n) is 5.15. The molecule has 1 N–H and O–H groups in total. The van der Waals surface area contributed by atoms with E-state index in [9.17, 15) is 4.79 Å². The molecule has 1 fully saturated rings. The van der Waals surface area contributed by atoms with E-state index in [-0.39, 0.29) is 11.9 Å². The topological polar surface area (TPSA) is 58.0 Å². The number of ether oxygens (including phenoxy) is 1. The van der Waals surface area contributed by atoms with Crippen molar-refractivity contribution in [3.63, 3.8) is 0 Å². The largest absolute Gasteiger partial charge is 0.497 e. The van der Waals surface area contributed by atoms with Gasteiger partial charge in [-0.15, -0.1) is 0 Å². The van der Waals surface area contributed by atoms with Gasteiger partial charge in [0.1, 0.15) is 11.5 Å². The summed E-state index contributed by atoms with van der Waals surface area (Å²) in [5, 5.41) is 3.09. The molecule has 0 aliphatic carbocycles. The normalized spacial score (nSPS) is 16.2. The van der Waals surface area contributed by atoms with Crippen LogP contribution in [-0.2, 0) is 4.79 Å². The molecule has 1 aliphatic heterocycles. The molecule has 1 saturated heterocycles. The predicted molar refractivity (Wildman–Crippen MR) is 111 cm³/mol. The maximum absolute atomic E-state index is 12.1. The van der Waals surface area contributed by atoms with E-state index in [2.05, 4.69) is 41.1 Å². The summed E-state index contributed by atoms with van der Waals surface area (Å²) in [7, 11) is 1.68. The number of hydrogen-bond donors (Lipinski definition) is 1. The molecule has 1 aromatic heterocycles. The Bertz CT molecular complexity index is 720. The third kappa shape index (κ3) is 5.29. The minimum Gasteiger partial charge on any atom is -0.497 e. The van der Waals surface area contributed by atoms with Gasteiger partial charge in [0, 0.05) is 44.8 Å². The number of nitrogens with zero attached hydrogens (tertiary/aromatic N) is 2. The number of carbonyl (C=O) groups is 1. The molecule has 1 aromatic carbocycles. The number of hydrogen-bond acceptors (Lipinski definition) is 5. The second-order valence-corrected chi connectivity index (χ2v) is 7.65. The Morgan fingerprint density at radius 1 is 1.14 bits per heavy atom. The zero-order valence-corrected chi connectivity index (χ0v) is 17.1. The summed E-state index contributed by atoms with van der Waals surface area (Å²) in [5.74, 6) is 2.23. The molecule has 2 heterocycles. The average Bonchev–Trinajstić information content (AvgIpc) is 3.23. The fraction of sp³-hybridized carbons (Fsp3) is 0.500. The number of methoxy groups -OCH3 is 1. The number of amides is 1. The van der Waals surface area contributed by atoms with Crippen LogP contribution < -0.4 is 15.0 Å². The van der Waals surface area contributed by atoms with Crippen LogP contribution in [0.25, 0.3) is 0 Å². The zero-order chi connectivity index (χ0) is 19.9. The summed E-state index contributed by atoms with van der Waals surface area (Å²) in [6, 6.07) is 12.2. The minimum atomic E-state index is 0.0594. The molecule has 6 nitrogen and oxygen atoms in total. The fourth-order valence-corrected chi connectivity index (χ4v) is 3.63. The van der Waals surface area contributed by atoms with E-state index in [1.54, 1.807) is 13.4 Å². The van der Waals surface area contributed by atoms with Gasteiger partial charge in [0.05, 0.1) is 19.4 Å². The summed E-state index contributed by atoms with van der Waals surface area (Å²) in [5.41, 5.74) is 1.21. The number of nitrogens with one attached hydrogen (secondary N) is 1. The smallest absolute Gasteiger partial charge is 0.220 e. The van der Waals surface area contributed by atoms with Crippen LogP contribution in [-0.4, -0.2) is 50.6 Å². The Morgan fingerprint density at radius 3 is 2.43 bits per heavy atom. The van der Waals surface area contributed by atoms with Gasteiger partial charge in [-0.1, -0.05) is 13.8 Å². The molecular formula is C22H31N3O3. The maximum Gasteiger partial charge on any atom is 0.220 e. The van der Waals surface area contributed by atoms with Crippen LogP contribution in [0, 0.1) is 5.92 Å². The highest BCUT2D eigenvalue weighted by Crippen LogP contribution is 2.25. The fourth-order valence-electron chi connectivity index (χ4n) is 3.63. The summed E-state index contributed by atoms with van der Waals surface area (Å²) < 4.78 is 10.9. The molecule has 1 amide bonds. The standard InChI is InChI=1S/C22H31N3O3/c1-17(2)15-22(26)23-16-20(21-5-4-14-28-21)25-12-10-24(11-13-25)18-6-8-19(27-3)9-7-18/h4-9,14,17,20H,10-13,15-16H2,1-3H3,(H,23,26)/t20-/m0/s1. The number of anilines is 1. The molecule has 0 saturated carbocycles. The van der Waals surface area contributed by atoms with Gasteiger partial charge in [-0.25, -0.2) is 0 Å². The highest BCUT2D eigenvalue weighted by atomic mass is 16.5. The molecule has 0 bridgehead atoms. The van der Waals surface area contributed by atoms with Crippen molar-refractivity contribution in [1.29, 1.82) is 0 Å². The first-order chi connectivity index (χ1) is 13.6. The van der Waals surface area contributed by atoms with Crippen LogP contribution in [0.3, 0.4) is 0 Å². The van der Waals surface area contributed by atoms with Crippen LogP contribution in [0.4, 0.5) is 5.69 Å².